The van der Waals surface area contributed by atoms with Gasteiger partial charge in [0.15, 0.2) is 0 Å². The maximum atomic E-state index is 5.63. The molecule has 0 aliphatic carbocycles. The summed E-state index contributed by atoms with van der Waals surface area (Å²) < 4.78 is 11.1. The van der Waals surface area contributed by atoms with Crippen molar-refractivity contribution in [1.29, 1.82) is 0 Å². The van der Waals surface area contributed by atoms with Crippen molar-refractivity contribution in [2.75, 3.05) is 33.0 Å². The van der Waals surface area contributed by atoms with Gasteiger partial charge in [-0.1, -0.05) is 6.92 Å². The molecule has 0 amide bonds. The molecule has 0 aromatic heterocycles. The average molecular weight is 227 g/mol. The molecule has 3 nitrogen and oxygen atoms in total. The molecule has 2 rings (SSSR count). The molecule has 16 heavy (non-hydrogen) atoms. The molecule has 94 valence electrons. The number of nitrogens with one attached hydrogen (secondary N) is 1. The predicted molar refractivity (Wildman–Crippen MR) is 64.6 cm³/mol. The molecule has 2 heterocycles. The summed E-state index contributed by atoms with van der Waals surface area (Å²) in [7, 11) is 0. The second-order valence-corrected chi connectivity index (χ2v) is 5.01. The molecule has 0 aromatic rings. The van der Waals surface area contributed by atoms with Crippen molar-refractivity contribution in [2.24, 2.45) is 11.8 Å². The number of hydrogen-bond donors (Lipinski definition) is 1. The van der Waals surface area contributed by atoms with Crippen molar-refractivity contribution in [3.8, 4) is 0 Å². The molecule has 2 unspecified atom stereocenters. The SMILES string of the molecule is CCNC(C1CCOCC1)C1CCCOC1. The van der Waals surface area contributed by atoms with Gasteiger partial charge in [0.2, 0.25) is 0 Å². The predicted octanol–water partition coefficient (Wildman–Crippen LogP) is 1.82. The van der Waals surface area contributed by atoms with Crippen molar-refractivity contribution < 1.29 is 9.47 Å². The zero-order valence-electron chi connectivity index (χ0n) is 10.4. The third-order valence-electron chi connectivity index (χ3n) is 3.92. The summed E-state index contributed by atoms with van der Waals surface area (Å²) in [6.45, 7) is 7.08. The molecule has 3 heteroatoms. The molecule has 2 atom stereocenters. The Labute approximate surface area is 98.9 Å². The normalized spacial score (nSPS) is 30.2. The van der Waals surface area contributed by atoms with Crippen LogP contribution < -0.4 is 5.32 Å². The zero-order chi connectivity index (χ0) is 11.2. The number of rotatable bonds is 4. The molecule has 2 fully saturated rings. The van der Waals surface area contributed by atoms with Crippen molar-refractivity contribution in [3.63, 3.8) is 0 Å². The summed E-state index contributed by atoms with van der Waals surface area (Å²) in [5, 5.41) is 3.69. The van der Waals surface area contributed by atoms with Crippen LogP contribution in [0, 0.1) is 11.8 Å². The lowest BCUT2D eigenvalue weighted by Gasteiger charge is -2.38. The molecular formula is C13H25NO2. The second-order valence-electron chi connectivity index (χ2n) is 5.01. The van der Waals surface area contributed by atoms with Crippen LogP contribution in [0.5, 0.6) is 0 Å². The van der Waals surface area contributed by atoms with Gasteiger partial charge in [0.1, 0.15) is 0 Å². The van der Waals surface area contributed by atoms with Crippen molar-refractivity contribution >= 4 is 0 Å². The third-order valence-corrected chi connectivity index (χ3v) is 3.92. The second kappa shape index (κ2) is 6.58. The Morgan fingerprint density at radius 3 is 2.50 bits per heavy atom. The smallest absolute Gasteiger partial charge is 0.0509 e. The van der Waals surface area contributed by atoms with Crippen molar-refractivity contribution in [2.45, 2.75) is 38.6 Å². The fourth-order valence-corrected chi connectivity index (χ4v) is 3.08. The summed E-state index contributed by atoms with van der Waals surface area (Å²) in [6.07, 6.45) is 4.99. The van der Waals surface area contributed by atoms with Crippen molar-refractivity contribution in [1.82, 2.24) is 5.32 Å². The van der Waals surface area contributed by atoms with Crippen LogP contribution in [0.1, 0.15) is 32.6 Å². The summed E-state index contributed by atoms with van der Waals surface area (Å²) in [4.78, 5) is 0. The fraction of sp³-hybridized carbons (Fsp3) is 1.00. The van der Waals surface area contributed by atoms with E-state index in [0.717, 1.165) is 44.8 Å². The molecule has 0 saturated carbocycles. The van der Waals surface area contributed by atoms with E-state index in [9.17, 15) is 0 Å². The first kappa shape index (κ1) is 12.3. The average Bonchev–Trinajstić information content (AvgIpc) is 2.38. The van der Waals surface area contributed by atoms with Gasteiger partial charge in [-0.15, -0.1) is 0 Å². The van der Waals surface area contributed by atoms with Crippen LogP contribution in [0.4, 0.5) is 0 Å². The Bertz CT molecular complexity index is 168. The molecule has 2 saturated heterocycles. The minimum absolute atomic E-state index is 0.647. The van der Waals surface area contributed by atoms with Crippen LogP contribution in [-0.4, -0.2) is 39.0 Å². The minimum atomic E-state index is 0.647. The van der Waals surface area contributed by atoms with Crippen LogP contribution in [0.3, 0.4) is 0 Å². The van der Waals surface area contributed by atoms with E-state index in [1.54, 1.807) is 0 Å². The lowest BCUT2D eigenvalue weighted by molar-refractivity contribution is 0.00252. The highest BCUT2D eigenvalue weighted by atomic mass is 16.5. The zero-order valence-corrected chi connectivity index (χ0v) is 10.4. The van der Waals surface area contributed by atoms with Gasteiger partial charge < -0.3 is 14.8 Å². The molecule has 0 aromatic carbocycles. The van der Waals surface area contributed by atoms with E-state index in [-0.39, 0.29) is 0 Å². The molecule has 0 radical (unpaired) electrons. The van der Waals surface area contributed by atoms with Gasteiger partial charge in [0.25, 0.3) is 0 Å². The van der Waals surface area contributed by atoms with Gasteiger partial charge in [-0.2, -0.15) is 0 Å². The maximum absolute atomic E-state index is 5.63. The van der Waals surface area contributed by atoms with E-state index in [0.29, 0.717) is 6.04 Å². The Morgan fingerprint density at radius 2 is 1.88 bits per heavy atom. The highest BCUT2D eigenvalue weighted by Gasteiger charge is 2.31. The summed E-state index contributed by atoms with van der Waals surface area (Å²) >= 11 is 0. The maximum Gasteiger partial charge on any atom is 0.0509 e. The van der Waals surface area contributed by atoms with E-state index >= 15 is 0 Å². The van der Waals surface area contributed by atoms with Crippen LogP contribution in [0.15, 0.2) is 0 Å². The number of hydrogen-bond acceptors (Lipinski definition) is 3. The Hall–Kier alpha value is -0.120. The third kappa shape index (κ3) is 3.19. The number of ether oxygens (including phenoxy) is 2. The highest BCUT2D eigenvalue weighted by molar-refractivity contribution is 4.85. The van der Waals surface area contributed by atoms with Crippen molar-refractivity contribution in [3.05, 3.63) is 0 Å². The fourth-order valence-electron chi connectivity index (χ4n) is 3.08. The van der Waals surface area contributed by atoms with Gasteiger partial charge in [0.05, 0.1) is 6.61 Å². The highest BCUT2D eigenvalue weighted by Crippen LogP contribution is 2.28. The minimum Gasteiger partial charge on any atom is -0.381 e. The van der Waals surface area contributed by atoms with Crippen LogP contribution in [0.25, 0.3) is 0 Å². The monoisotopic (exact) mass is 227 g/mol. The molecule has 2 aliphatic rings. The molecule has 2 aliphatic heterocycles. The molecule has 0 bridgehead atoms. The summed E-state index contributed by atoms with van der Waals surface area (Å²) in [5.74, 6) is 1.51. The Morgan fingerprint density at radius 1 is 1.06 bits per heavy atom. The van der Waals surface area contributed by atoms with E-state index in [4.69, 9.17) is 9.47 Å². The van der Waals surface area contributed by atoms with E-state index in [1.807, 2.05) is 0 Å². The molecule has 1 N–H and O–H groups in total. The lowest BCUT2D eigenvalue weighted by atomic mass is 9.81. The van der Waals surface area contributed by atoms with Gasteiger partial charge in [-0.25, -0.2) is 0 Å². The quantitative estimate of drug-likeness (QED) is 0.794. The van der Waals surface area contributed by atoms with Crippen LogP contribution >= 0.6 is 0 Å². The van der Waals surface area contributed by atoms with Gasteiger partial charge in [-0.3, -0.25) is 0 Å². The van der Waals surface area contributed by atoms with E-state index in [2.05, 4.69) is 12.2 Å². The molecular weight excluding hydrogens is 202 g/mol. The van der Waals surface area contributed by atoms with E-state index < -0.39 is 0 Å². The first-order chi connectivity index (χ1) is 7.92. The van der Waals surface area contributed by atoms with Crippen LogP contribution in [-0.2, 0) is 9.47 Å². The first-order valence-electron chi connectivity index (χ1n) is 6.80. The topological polar surface area (TPSA) is 30.5 Å². The largest absolute Gasteiger partial charge is 0.381 e. The van der Waals surface area contributed by atoms with Gasteiger partial charge >= 0.3 is 0 Å². The summed E-state index contributed by atoms with van der Waals surface area (Å²) in [6, 6.07) is 0.647. The Kier molecular flexibility index (Phi) is 5.07. The first-order valence-corrected chi connectivity index (χ1v) is 6.80. The van der Waals surface area contributed by atoms with Gasteiger partial charge in [0, 0.05) is 25.9 Å². The van der Waals surface area contributed by atoms with E-state index in [1.165, 1.54) is 25.7 Å². The van der Waals surface area contributed by atoms with Gasteiger partial charge in [-0.05, 0) is 44.1 Å². The lowest BCUT2D eigenvalue weighted by Crippen LogP contribution is -2.46. The Balaban J connectivity index is 1.91. The molecule has 0 spiro atoms. The van der Waals surface area contributed by atoms with Crippen LogP contribution in [0.2, 0.25) is 0 Å². The standard InChI is InChI=1S/C13H25NO2/c1-2-14-13(11-5-8-15-9-6-11)12-4-3-7-16-10-12/h11-14H,2-10H2,1H3. The summed E-state index contributed by atoms with van der Waals surface area (Å²) in [5.41, 5.74) is 0.